The Morgan fingerprint density at radius 2 is 2.00 bits per heavy atom. The van der Waals surface area contributed by atoms with Crippen molar-refractivity contribution < 1.29 is 12.6 Å². The summed E-state index contributed by atoms with van der Waals surface area (Å²) in [5, 5.41) is 0.668. The fourth-order valence-corrected chi connectivity index (χ4v) is 3.74. The maximum Gasteiger partial charge on any atom is 0.175 e. The molecule has 2 atom stereocenters. The number of fused-ring (bicyclic) bond motifs is 1. The van der Waals surface area contributed by atoms with Gasteiger partial charge in [-0.05, 0) is 25.1 Å². The van der Waals surface area contributed by atoms with Crippen LogP contribution in [0.15, 0.2) is 29.4 Å². The van der Waals surface area contributed by atoms with E-state index in [9.17, 15) is 12.6 Å². The number of nitrogens with zero attached hydrogens (tertiary/aromatic N) is 3. The van der Waals surface area contributed by atoms with E-state index in [4.69, 9.17) is 0 Å². The van der Waals surface area contributed by atoms with Gasteiger partial charge in [-0.15, -0.1) is 0 Å². The molecule has 0 aliphatic heterocycles. The number of hydrogen-bond donors (Lipinski definition) is 0. The molecule has 2 rings (SSSR count). The van der Waals surface area contributed by atoms with Crippen molar-refractivity contribution in [3.05, 3.63) is 24.5 Å². The largest absolute Gasteiger partial charge is 0.355 e. The molecular weight excluding hydrogens is 322 g/mol. The first-order valence-corrected chi connectivity index (χ1v) is 10.3. The summed E-state index contributed by atoms with van der Waals surface area (Å²) in [6.07, 6.45) is 4.28. The molecule has 0 amide bonds. The van der Waals surface area contributed by atoms with Crippen LogP contribution in [0.1, 0.15) is 6.92 Å². The summed E-state index contributed by atoms with van der Waals surface area (Å²) in [5.41, 5.74) is 0.675. The second-order valence-electron chi connectivity index (χ2n) is 5.35. The van der Waals surface area contributed by atoms with Crippen molar-refractivity contribution in [2.24, 2.45) is 0 Å². The molecule has 1 aromatic heterocycles. The van der Waals surface area contributed by atoms with Gasteiger partial charge in [0, 0.05) is 47.5 Å². The predicted molar refractivity (Wildman–Crippen MR) is 89.4 cm³/mol. The molecule has 6 nitrogen and oxygen atoms in total. The number of sulfone groups is 1. The maximum atomic E-state index is 11.7. The van der Waals surface area contributed by atoms with E-state index in [0.717, 1.165) is 0 Å². The van der Waals surface area contributed by atoms with E-state index >= 15 is 0 Å². The van der Waals surface area contributed by atoms with E-state index in [1.165, 1.54) is 12.6 Å². The lowest BCUT2D eigenvalue weighted by molar-refractivity contribution is 0.602. The Hall–Kier alpha value is -1.54. The molecule has 2 unspecified atom stereocenters. The highest BCUT2D eigenvalue weighted by molar-refractivity contribution is 7.90. The standard InChI is InChI=1S/C14H19N3O3S2/c1-10(8-21(3)18)17(2)14-12-7-11(22(4,19)20)5-6-13(12)15-9-16-14/h5-7,9-10H,8H2,1-4H3. The third-order valence-electron chi connectivity index (χ3n) is 3.49. The van der Waals surface area contributed by atoms with Crippen LogP contribution in [-0.2, 0) is 20.6 Å². The van der Waals surface area contributed by atoms with Crippen molar-refractivity contribution in [1.29, 1.82) is 0 Å². The first kappa shape index (κ1) is 16.8. The minimum absolute atomic E-state index is 0.00539. The van der Waals surface area contributed by atoms with E-state index in [1.54, 1.807) is 24.5 Å². The molecule has 0 spiro atoms. The molecule has 1 heterocycles. The topological polar surface area (TPSA) is 80.2 Å². The van der Waals surface area contributed by atoms with Crippen LogP contribution in [0.2, 0.25) is 0 Å². The van der Waals surface area contributed by atoms with E-state index in [2.05, 4.69) is 9.97 Å². The van der Waals surface area contributed by atoms with Gasteiger partial charge in [0.15, 0.2) is 9.84 Å². The van der Waals surface area contributed by atoms with Crippen LogP contribution in [-0.4, -0.2) is 53.9 Å². The number of hydrogen-bond acceptors (Lipinski definition) is 6. The van der Waals surface area contributed by atoms with Gasteiger partial charge in [0.1, 0.15) is 12.1 Å². The summed E-state index contributed by atoms with van der Waals surface area (Å²) in [6, 6.07) is 4.81. The number of aromatic nitrogens is 2. The minimum atomic E-state index is -3.30. The molecule has 0 N–H and O–H groups in total. The van der Waals surface area contributed by atoms with Gasteiger partial charge in [0.25, 0.3) is 0 Å². The first-order chi connectivity index (χ1) is 10.2. The van der Waals surface area contributed by atoms with Gasteiger partial charge in [-0.1, -0.05) is 0 Å². The summed E-state index contributed by atoms with van der Waals surface area (Å²) in [7, 11) is -2.37. The van der Waals surface area contributed by atoms with E-state index < -0.39 is 20.6 Å². The second kappa shape index (κ2) is 6.29. The minimum Gasteiger partial charge on any atom is -0.355 e. The molecule has 0 aliphatic rings. The lowest BCUT2D eigenvalue weighted by Gasteiger charge is -2.26. The Balaban J connectivity index is 2.56. The first-order valence-electron chi connectivity index (χ1n) is 6.68. The fraction of sp³-hybridized carbons (Fsp3) is 0.429. The molecule has 0 saturated heterocycles. The molecule has 2 aromatic rings. The van der Waals surface area contributed by atoms with E-state index in [0.29, 0.717) is 22.5 Å². The van der Waals surface area contributed by atoms with Crippen molar-refractivity contribution in [3.63, 3.8) is 0 Å². The molecule has 0 radical (unpaired) electrons. The zero-order chi connectivity index (χ0) is 16.5. The smallest absolute Gasteiger partial charge is 0.175 e. The Morgan fingerprint density at radius 3 is 2.59 bits per heavy atom. The van der Waals surface area contributed by atoms with Crippen molar-refractivity contribution in [1.82, 2.24) is 9.97 Å². The predicted octanol–water partition coefficient (Wildman–Crippen LogP) is 1.24. The molecule has 0 saturated carbocycles. The summed E-state index contributed by atoms with van der Waals surface area (Å²) >= 11 is 0. The van der Waals surface area contributed by atoms with E-state index in [-0.39, 0.29) is 10.9 Å². The van der Waals surface area contributed by atoms with Crippen LogP contribution in [0.25, 0.3) is 10.9 Å². The quantitative estimate of drug-likeness (QED) is 0.814. The van der Waals surface area contributed by atoms with Gasteiger partial charge in [0.2, 0.25) is 0 Å². The Kier molecular flexibility index (Phi) is 4.81. The van der Waals surface area contributed by atoms with Crippen molar-refractivity contribution >= 4 is 37.4 Å². The second-order valence-corrected chi connectivity index (χ2v) is 8.84. The molecule has 0 bridgehead atoms. The third-order valence-corrected chi connectivity index (χ3v) is 5.55. The average Bonchev–Trinajstić information content (AvgIpc) is 2.43. The highest BCUT2D eigenvalue weighted by Gasteiger charge is 2.17. The molecule has 8 heteroatoms. The fourth-order valence-electron chi connectivity index (χ4n) is 2.19. The zero-order valence-corrected chi connectivity index (χ0v) is 14.6. The summed E-state index contributed by atoms with van der Waals surface area (Å²) < 4.78 is 34.9. The Morgan fingerprint density at radius 1 is 1.32 bits per heavy atom. The maximum absolute atomic E-state index is 11.7. The summed E-state index contributed by atoms with van der Waals surface area (Å²) in [4.78, 5) is 10.6. The molecule has 0 fully saturated rings. The highest BCUT2D eigenvalue weighted by Crippen LogP contribution is 2.26. The van der Waals surface area contributed by atoms with Crippen LogP contribution >= 0.6 is 0 Å². The van der Waals surface area contributed by atoms with Crippen molar-refractivity contribution in [2.75, 3.05) is 30.2 Å². The van der Waals surface area contributed by atoms with Crippen LogP contribution in [0.3, 0.4) is 0 Å². The van der Waals surface area contributed by atoms with E-state index in [1.807, 2.05) is 18.9 Å². The Bertz CT molecular complexity index is 821. The van der Waals surface area contributed by atoms with Crippen LogP contribution in [0.5, 0.6) is 0 Å². The van der Waals surface area contributed by atoms with Gasteiger partial charge in [-0.25, -0.2) is 18.4 Å². The summed E-state index contributed by atoms with van der Waals surface area (Å²) in [6.45, 7) is 1.95. The van der Waals surface area contributed by atoms with Gasteiger partial charge in [0.05, 0.1) is 10.4 Å². The molecular formula is C14H19N3O3S2. The van der Waals surface area contributed by atoms with Crippen LogP contribution < -0.4 is 4.90 Å². The van der Waals surface area contributed by atoms with Crippen molar-refractivity contribution in [3.8, 4) is 0 Å². The Labute approximate surface area is 133 Å². The normalized spacial score (nSPS) is 14.7. The van der Waals surface area contributed by atoms with Crippen LogP contribution in [0, 0.1) is 0 Å². The van der Waals surface area contributed by atoms with Gasteiger partial charge < -0.3 is 4.90 Å². The highest BCUT2D eigenvalue weighted by atomic mass is 32.2. The third kappa shape index (κ3) is 3.61. The van der Waals surface area contributed by atoms with Gasteiger partial charge in [-0.2, -0.15) is 0 Å². The number of anilines is 1. The summed E-state index contributed by atoms with van der Waals surface area (Å²) in [5.74, 6) is 1.14. The molecule has 22 heavy (non-hydrogen) atoms. The zero-order valence-electron chi connectivity index (χ0n) is 13.0. The monoisotopic (exact) mass is 341 g/mol. The lowest BCUT2D eigenvalue weighted by Crippen LogP contribution is -2.34. The van der Waals surface area contributed by atoms with Gasteiger partial charge >= 0.3 is 0 Å². The number of rotatable bonds is 5. The molecule has 0 aliphatic carbocycles. The molecule has 1 aromatic carbocycles. The van der Waals surface area contributed by atoms with Crippen molar-refractivity contribution in [2.45, 2.75) is 17.9 Å². The lowest BCUT2D eigenvalue weighted by atomic mass is 10.2. The van der Waals surface area contributed by atoms with Crippen LogP contribution in [0.4, 0.5) is 5.82 Å². The molecule has 120 valence electrons. The SMILES string of the molecule is CC(CS(C)=O)N(C)c1ncnc2ccc(S(C)(=O)=O)cc12. The van der Waals surface area contributed by atoms with Gasteiger partial charge in [-0.3, -0.25) is 4.21 Å². The average molecular weight is 341 g/mol. The number of benzene rings is 1.